The number of piperazine rings is 1. The fourth-order valence-electron chi connectivity index (χ4n) is 3.36. The Hall–Kier alpha value is -1.64. The van der Waals surface area contributed by atoms with Crippen molar-refractivity contribution in [1.29, 1.82) is 0 Å². The van der Waals surface area contributed by atoms with Crippen molar-refractivity contribution in [2.24, 2.45) is 0 Å². The molecule has 2 aromatic carbocycles. The third kappa shape index (κ3) is 3.96. The Kier molecular flexibility index (Phi) is 4.91. The summed E-state index contributed by atoms with van der Waals surface area (Å²) in [5.41, 5.74) is 4.20. The Morgan fingerprint density at radius 3 is 2.59 bits per heavy atom. The molecule has 0 radical (unpaired) electrons. The first-order chi connectivity index (χ1) is 10.7. The van der Waals surface area contributed by atoms with Crippen LogP contribution in [-0.2, 0) is 13.0 Å². The van der Waals surface area contributed by atoms with Crippen molar-refractivity contribution in [2.45, 2.75) is 38.9 Å². The highest BCUT2D eigenvalue weighted by atomic mass is 15.2. The lowest BCUT2D eigenvalue weighted by molar-refractivity contribution is 0.127. The fourth-order valence-corrected chi connectivity index (χ4v) is 3.36. The predicted octanol–water partition coefficient (Wildman–Crippen LogP) is 3.40. The summed E-state index contributed by atoms with van der Waals surface area (Å²) in [6.07, 6.45) is 1.12. The van der Waals surface area contributed by atoms with Crippen molar-refractivity contribution in [3.05, 3.63) is 71.3 Å². The molecule has 1 aliphatic rings. The molecule has 22 heavy (non-hydrogen) atoms. The summed E-state index contributed by atoms with van der Waals surface area (Å²) in [4.78, 5) is 2.64. The molecule has 2 atom stereocenters. The Balaban J connectivity index is 1.72. The Morgan fingerprint density at radius 2 is 1.82 bits per heavy atom. The van der Waals surface area contributed by atoms with Gasteiger partial charge in [-0.05, 0) is 31.4 Å². The van der Waals surface area contributed by atoms with Gasteiger partial charge < -0.3 is 5.32 Å². The molecule has 0 spiro atoms. The van der Waals surface area contributed by atoms with Crippen LogP contribution in [0.4, 0.5) is 0 Å². The van der Waals surface area contributed by atoms with E-state index in [4.69, 9.17) is 0 Å². The van der Waals surface area contributed by atoms with Crippen LogP contribution < -0.4 is 5.32 Å². The lowest BCUT2D eigenvalue weighted by Crippen LogP contribution is -2.55. The minimum atomic E-state index is 0.567. The highest BCUT2D eigenvalue weighted by molar-refractivity contribution is 5.22. The van der Waals surface area contributed by atoms with Crippen molar-refractivity contribution in [3.63, 3.8) is 0 Å². The number of nitrogens with zero attached hydrogens (tertiary/aromatic N) is 1. The number of rotatable bonds is 4. The van der Waals surface area contributed by atoms with E-state index in [2.05, 4.69) is 78.7 Å². The van der Waals surface area contributed by atoms with Crippen LogP contribution in [0.3, 0.4) is 0 Å². The third-order valence-electron chi connectivity index (χ3n) is 4.51. The molecule has 1 N–H and O–H groups in total. The van der Waals surface area contributed by atoms with Crippen LogP contribution in [0.15, 0.2) is 54.6 Å². The second kappa shape index (κ2) is 7.08. The van der Waals surface area contributed by atoms with E-state index in [0.29, 0.717) is 12.1 Å². The number of hydrogen-bond acceptors (Lipinski definition) is 2. The van der Waals surface area contributed by atoms with Gasteiger partial charge in [0, 0.05) is 31.7 Å². The molecule has 1 fully saturated rings. The fraction of sp³-hybridized carbons (Fsp3) is 0.400. The second-order valence-corrected chi connectivity index (χ2v) is 6.57. The van der Waals surface area contributed by atoms with Crippen LogP contribution in [0.25, 0.3) is 0 Å². The summed E-state index contributed by atoms with van der Waals surface area (Å²) in [6.45, 7) is 7.69. The van der Waals surface area contributed by atoms with E-state index in [-0.39, 0.29) is 0 Å². The standard InChI is InChI=1S/C20H26N2/c1-16-7-6-10-19(11-16)15-22-14-17(2)21-13-20(22)12-18-8-4-3-5-9-18/h3-11,17,20-21H,12-15H2,1-2H3. The Morgan fingerprint density at radius 1 is 1.05 bits per heavy atom. The highest BCUT2D eigenvalue weighted by Crippen LogP contribution is 2.17. The van der Waals surface area contributed by atoms with Gasteiger partial charge >= 0.3 is 0 Å². The van der Waals surface area contributed by atoms with Gasteiger partial charge in [0.05, 0.1) is 0 Å². The molecular weight excluding hydrogens is 268 g/mol. The van der Waals surface area contributed by atoms with E-state index in [1.54, 1.807) is 0 Å². The maximum atomic E-state index is 3.64. The summed E-state index contributed by atoms with van der Waals surface area (Å²) in [5, 5.41) is 3.64. The number of hydrogen-bond donors (Lipinski definition) is 1. The molecule has 0 aliphatic carbocycles. The van der Waals surface area contributed by atoms with Crippen molar-refractivity contribution < 1.29 is 0 Å². The van der Waals surface area contributed by atoms with Gasteiger partial charge in [0.25, 0.3) is 0 Å². The van der Waals surface area contributed by atoms with Gasteiger partial charge in [0.15, 0.2) is 0 Å². The van der Waals surface area contributed by atoms with Gasteiger partial charge in [-0.15, -0.1) is 0 Å². The molecule has 2 heteroatoms. The van der Waals surface area contributed by atoms with Gasteiger partial charge in [0.1, 0.15) is 0 Å². The summed E-state index contributed by atoms with van der Waals surface area (Å²) in [7, 11) is 0. The molecule has 2 unspecified atom stereocenters. The molecule has 3 rings (SSSR count). The van der Waals surface area contributed by atoms with Crippen LogP contribution in [-0.4, -0.2) is 30.1 Å². The van der Waals surface area contributed by atoms with Gasteiger partial charge in [0.2, 0.25) is 0 Å². The summed E-state index contributed by atoms with van der Waals surface area (Å²) < 4.78 is 0. The third-order valence-corrected chi connectivity index (χ3v) is 4.51. The van der Waals surface area contributed by atoms with E-state index in [9.17, 15) is 0 Å². The largest absolute Gasteiger partial charge is 0.311 e. The van der Waals surface area contributed by atoms with Crippen LogP contribution >= 0.6 is 0 Å². The average Bonchev–Trinajstić information content (AvgIpc) is 2.51. The van der Waals surface area contributed by atoms with Gasteiger partial charge in [-0.25, -0.2) is 0 Å². The molecular formula is C20H26N2. The van der Waals surface area contributed by atoms with E-state index in [1.165, 1.54) is 16.7 Å². The zero-order valence-electron chi connectivity index (χ0n) is 13.6. The molecule has 0 aromatic heterocycles. The van der Waals surface area contributed by atoms with Crippen LogP contribution in [0.2, 0.25) is 0 Å². The molecule has 1 aliphatic heterocycles. The molecule has 0 amide bonds. The van der Waals surface area contributed by atoms with E-state index >= 15 is 0 Å². The normalized spacial score (nSPS) is 22.6. The number of benzene rings is 2. The zero-order valence-corrected chi connectivity index (χ0v) is 13.6. The second-order valence-electron chi connectivity index (χ2n) is 6.57. The molecule has 0 saturated carbocycles. The molecule has 2 nitrogen and oxygen atoms in total. The Labute approximate surface area is 134 Å². The summed E-state index contributed by atoms with van der Waals surface area (Å²) in [6, 6.07) is 20.9. The first kappa shape index (κ1) is 15.3. The van der Waals surface area contributed by atoms with Crippen molar-refractivity contribution >= 4 is 0 Å². The monoisotopic (exact) mass is 294 g/mol. The van der Waals surface area contributed by atoms with Crippen molar-refractivity contribution in [3.8, 4) is 0 Å². The first-order valence-corrected chi connectivity index (χ1v) is 8.27. The summed E-state index contributed by atoms with van der Waals surface area (Å²) in [5.74, 6) is 0. The minimum Gasteiger partial charge on any atom is -0.311 e. The average molecular weight is 294 g/mol. The molecule has 2 aromatic rings. The minimum absolute atomic E-state index is 0.567. The lowest BCUT2D eigenvalue weighted by atomic mass is 10.00. The van der Waals surface area contributed by atoms with Gasteiger partial charge in [-0.1, -0.05) is 60.2 Å². The van der Waals surface area contributed by atoms with E-state index in [0.717, 1.165) is 26.1 Å². The zero-order chi connectivity index (χ0) is 15.4. The number of aryl methyl sites for hydroxylation is 1. The lowest BCUT2D eigenvalue weighted by Gasteiger charge is -2.39. The predicted molar refractivity (Wildman–Crippen MR) is 93.0 cm³/mol. The van der Waals surface area contributed by atoms with Crippen LogP contribution in [0, 0.1) is 6.92 Å². The van der Waals surface area contributed by atoms with Gasteiger partial charge in [-0.2, -0.15) is 0 Å². The quantitative estimate of drug-likeness (QED) is 0.930. The summed E-state index contributed by atoms with van der Waals surface area (Å²) >= 11 is 0. The van der Waals surface area contributed by atoms with Crippen LogP contribution in [0.5, 0.6) is 0 Å². The molecule has 116 valence electrons. The first-order valence-electron chi connectivity index (χ1n) is 8.27. The number of nitrogens with one attached hydrogen (secondary N) is 1. The molecule has 1 saturated heterocycles. The van der Waals surface area contributed by atoms with Crippen molar-refractivity contribution in [1.82, 2.24) is 10.2 Å². The SMILES string of the molecule is Cc1cccc(CN2CC(C)NCC2Cc2ccccc2)c1. The highest BCUT2D eigenvalue weighted by Gasteiger charge is 2.25. The van der Waals surface area contributed by atoms with Gasteiger partial charge in [-0.3, -0.25) is 4.90 Å². The Bertz CT molecular complexity index is 594. The van der Waals surface area contributed by atoms with Crippen LogP contribution in [0.1, 0.15) is 23.6 Å². The molecule has 0 bridgehead atoms. The van der Waals surface area contributed by atoms with E-state index in [1.807, 2.05) is 0 Å². The van der Waals surface area contributed by atoms with E-state index < -0.39 is 0 Å². The topological polar surface area (TPSA) is 15.3 Å². The van der Waals surface area contributed by atoms with Crippen molar-refractivity contribution in [2.75, 3.05) is 13.1 Å². The smallest absolute Gasteiger partial charge is 0.0265 e. The molecule has 1 heterocycles. The maximum Gasteiger partial charge on any atom is 0.0265 e. The maximum absolute atomic E-state index is 3.64.